The smallest absolute Gasteiger partial charge is 0.320 e. The molecule has 2 rings (SSSR count). The summed E-state index contributed by atoms with van der Waals surface area (Å²) in [6.07, 6.45) is -4.46. The summed E-state index contributed by atoms with van der Waals surface area (Å²) >= 11 is 7.01. The molecule has 2 N–H and O–H groups in total. The Balaban J connectivity index is 2.51. The molecule has 1 aromatic heterocycles. The predicted molar refractivity (Wildman–Crippen MR) is 66.8 cm³/mol. The standard InChI is InChI=1S/C12H9ClF3NS/c13-8-1-2-9(10(5-8)12(14,15)16)11(17)7-3-4-18-6-7/h1-6,11H,17H2/t11-/m1/s1. The summed E-state index contributed by atoms with van der Waals surface area (Å²) in [4.78, 5) is 0. The van der Waals surface area contributed by atoms with Gasteiger partial charge in [0.05, 0.1) is 11.6 Å². The fraction of sp³-hybridized carbons (Fsp3) is 0.167. The van der Waals surface area contributed by atoms with Gasteiger partial charge in [-0.05, 0) is 40.1 Å². The molecular weight excluding hydrogens is 283 g/mol. The first kappa shape index (κ1) is 13.4. The highest BCUT2D eigenvalue weighted by Crippen LogP contribution is 2.37. The number of rotatable bonds is 2. The van der Waals surface area contributed by atoms with E-state index in [9.17, 15) is 13.2 Å². The Kier molecular flexibility index (Phi) is 3.66. The van der Waals surface area contributed by atoms with Crippen LogP contribution in [0.15, 0.2) is 35.0 Å². The summed E-state index contributed by atoms with van der Waals surface area (Å²) in [5.41, 5.74) is 5.78. The zero-order chi connectivity index (χ0) is 13.3. The first-order chi connectivity index (χ1) is 8.39. The molecule has 0 amide bonds. The molecule has 1 heterocycles. The summed E-state index contributed by atoms with van der Waals surface area (Å²) in [6, 6.07) is 4.56. The quantitative estimate of drug-likeness (QED) is 0.868. The van der Waals surface area contributed by atoms with Crippen LogP contribution in [-0.4, -0.2) is 0 Å². The van der Waals surface area contributed by atoms with Crippen LogP contribution >= 0.6 is 22.9 Å². The van der Waals surface area contributed by atoms with Crippen LogP contribution in [0.25, 0.3) is 0 Å². The lowest BCUT2D eigenvalue weighted by atomic mass is 9.96. The lowest BCUT2D eigenvalue weighted by molar-refractivity contribution is -0.138. The van der Waals surface area contributed by atoms with Crippen molar-refractivity contribution in [2.75, 3.05) is 0 Å². The van der Waals surface area contributed by atoms with Gasteiger partial charge in [-0.15, -0.1) is 0 Å². The molecule has 2 aromatic rings. The Bertz CT molecular complexity index is 537. The van der Waals surface area contributed by atoms with Gasteiger partial charge in [0.15, 0.2) is 0 Å². The van der Waals surface area contributed by atoms with E-state index in [0.717, 1.165) is 6.07 Å². The van der Waals surface area contributed by atoms with E-state index in [1.54, 1.807) is 16.8 Å². The van der Waals surface area contributed by atoms with Gasteiger partial charge in [0.25, 0.3) is 0 Å². The second-order valence-corrected chi connectivity index (χ2v) is 4.98. The van der Waals surface area contributed by atoms with E-state index in [-0.39, 0.29) is 10.6 Å². The van der Waals surface area contributed by atoms with Crippen molar-refractivity contribution in [2.45, 2.75) is 12.2 Å². The minimum atomic E-state index is -4.46. The molecule has 0 aliphatic rings. The molecule has 18 heavy (non-hydrogen) atoms. The topological polar surface area (TPSA) is 26.0 Å². The van der Waals surface area contributed by atoms with Crippen LogP contribution in [0.5, 0.6) is 0 Å². The maximum absolute atomic E-state index is 12.9. The van der Waals surface area contributed by atoms with Gasteiger partial charge in [0, 0.05) is 5.02 Å². The molecule has 0 aliphatic heterocycles. The zero-order valence-electron chi connectivity index (χ0n) is 9.04. The highest BCUT2D eigenvalue weighted by atomic mass is 35.5. The maximum atomic E-state index is 12.9. The molecule has 0 aliphatic carbocycles. The molecular formula is C12H9ClF3NS. The number of alkyl halides is 3. The molecule has 0 fully saturated rings. The fourth-order valence-electron chi connectivity index (χ4n) is 1.68. The normalized spacial score (nSPS) is 13.6. The summed E-state index contributed by atoms with van der Waals surface area (Å²) in [7, 11) is 0. The number of hydrogen-bond acceptors (Lipinski definition) is 2. The van der Waals surface area contributed by atoms with Gasteiger partial charge in [-0.3, -0.25) is 0 Å². The molecule has 1 aromatic carbocycles. The largest absolute Gasteiger partial charge is 0.416 e. The number of nitrogens with two attached hydrogens (primary N) is 1. The Hall–Kier alpha value is -1.04. The van der Waals surface area contributed by atoms with Gasteiger partial charge in [0.2, 0.25) is 0 Å². The third-order valence-electron chi connectivity index (χ3n) is 2.56. The van der Waals surface area contributed by atoms with Crippen LogP contribution in [0.4, 0.5) is 13.2 Å². The van der Waals surface area contributed by atoms with Gasteiger partial charge >= 0.3 is 6.18 Å². The Morgan fingerprint density at radius 1 is 1.22 bits per heavy atom. The molecule has 0 saturated heterocycles. The highest BCUT2D eigenvalue weighted by molar-refractivity contribution is 7.08. The Labute approximate surface area is 111 Å². The lowest BCUT2D eigenvalue weighted by Gasteiger charge is -2.18. The van der Waals surface area contributed by atoms with Gasteiger partial charge in [-0.25, -0.2) is 0 Å². The number of benzene rings is 1. The van der Waals surface area contributed by atoms with Gasteiger partial charge in [-0.1, -0.05) is 17.7 Å². The zero-order valence-corrected chi connectivity index (χ0v) is 10.6. The van der Waals surface area contributed by atoms with Crippen LogP contribution in [0, 0.1) is 0 Å². The van der Waals surface area contributed by atoms with Crippen molar-refractivity contribution in [2.24, 2.45) is 5.73 Å². The van der Waals surface area contributed by atoms with E-state index >= 15 is 0 Å². The average Bonchev–Trinajstić information content (AvgIpc) is 2.80. The summed E-state index contributed by atoms with van der Waals surface area (Å²) < 4.78 is 38.8. The van der Waals surface area contributed by atoms with Crippen molar-refractivity contribution in [1.29, 1.82) is 0 Å². The van der Waals surface area contributed by atoms with E-state index < -0.39 is 17.8 Å². The van der Waals surface area contributed by atoms with E-state index in [1.165, 1.54) is 23.5 Å². The molecule has 0 unspecified atom stereocenters. The molecule has 0 saturated carbocycles. The van der Waals surface area contributed by atoms with Gasteiger partial charge in [-0.2, -0.15) is 24.5 Å². The van der Waals surface area contributed by atoms with Crippen molar-refractivity contribution in [3.05, 3.63) is 56.7 Å². The van der Waals surface area contributed by atoms with Crippen LogP contribution in [0.3, 0.4) is 0 Å². The van der Waals surface area contributed by atoms with Crippen molar-refractivity contribution in [3.8, 4) is 0 Å². The van der Waals surface area contributed by atoms with E-state index in [2.05, 4.69) is 0 Å². The van der Waals surface area contributed by atoms with Gasteiger partial charge in [0.1, 0.15) is 0 Å². The summed E-state index contributed by atoms with van der Waals surface area (Å²) in [5, 5.41) is 3.56. The van der Waals surface area contributed by atoms with E-state index in [1.807, 2.05) is 0 Å². The van der Waals surface area contributed by atoms with Crippen molar-refractivity contribution >= 4 is 22.9 Å². The third-order valence-corrected chi connectivity index (χ3v) is 3.49. The average molecular weight is 292 g/mol. The fourth-order valence-corrected chi connectivity index (χ4v) is 2.55. The van der Waals surface area contributed by atoms with E-state index in [0.29, 0.717) is 5.56 Å². The van der Waals surface area contributed by atoms with Crippen molar-refractivity contribution in [1.82, 2.24) is 0 Å². The molecule has 6 heteroatoms. The number of thiophene rings is 1. The van der Waals surface area contributed by atoms with Gasteiger partial charge < -0.3 is 5.73 Å². The Morgan fingerprint density at radius 2 is 1.94 bits per heavy atom. The maximum Gasteiger partial charge on any atom is 0.416 e. The molecule has 1 nitrogen and oxygen atoms in total. The first-order valence-electron chi connectivity index (χ1n) is 5.04. The lowest BCUT2D eigenvalue weighted by Crippen LogP contribution is -2.18. The highest BCUT2D eigenvalue weighted by Gasteiger charge is 2.35. The molecule has 1 atom stereocenters. The molecule has 0 radical (unpaired) electrons. The predicted octanol–water partition coefficient (Wildman–Crippen LogP) is 4.47. The van der Waals surface area contributed by atoms with Crippen LogP contribution in [-0.2, 0) is 6.18 Å². The minimum Gasteiger partial charge on any atom is -0.320 e. The second kappa shape index (κ2) is 4.91. The van der Waals surface area contributed by atoms with Crippen LogP contribution in [0.2, 0.25) is 5.02 Å². The number of halogens is 4. The van der Waals surface area contributed by atoms with Crippen molar-refractivity contribution in [3.63, 3.8) is 0 Å². The van der Waals surface area contributed by atoms with E-state index in [4.69, 9.17) is 17.3 Å². The number of hydrogen-bond donors (Lipinski definition) is 1. The minimum absolute atomic E-state index is 0.0327. The van der Waals surface area contributed by atoms with Crippen LogP contribution < -0.4 is 5.73 Å². The summed E-state index contributed by atoms with van der Waals surface area (Å²) in [5.74, 6) is 0. The Morgan fingerprint density at radius 3 is 2.50 bits per heavy atom. The SMILES string of the molecule is N[C@H](c1ccsc1)c1ccc(Cl)cc1C(F)(F)F. The molecule has 0 spiro atoms. The first-order valence-corrected chi connectivity index (χ1v) is 6.36. The molecule has 96 valence electrons. The summed E-state index contributed by atoms with van der Waals surface area (Å²) in [6.45, 7) is 0. The second-order valence-electron chi connectivity index (χ2n) is 3.76. The molecule has 0 bridgehead atoms. The van der Waals surface area contributed by atoms with Crippen LogP contribution in [0.1, 0.15) is 22.7 Å². The third kappa shape index (κ3) is 2.68. The monoisotopic (exact) mass is 291 g/mol. The van der Waals surface area contributed by atoms with Crippen molar-refractivity contribution < 1.29 is 13.2 Å².